The first-order valence-corrected chi connectivity index (χ1v) is 22.6. The molecule has 8 aromatic rings. The molecule has 49 heavy (non-hydrogen) atoms. The van der Waals surface area contributed by atoms with Gasteiger partial charge in [-0.15, -0.1) is 0 Å². The van der Waals surface area contributed by atoms with Crippen LogP contribution in [-0.4, -0.2) is 18.4 Å². The molecule has 8 rings (SSSR count). The van der Waals surface area contributed by atoms with E-state index in [-0.39, 0.29) is 0 Å². The van der Waals surface area contributed by atoms with Crippen molar-refractivity contribution in [2.45, 2.75) is 0 Å². The van der Waals surface area contributed by atoms with Gasteiger partial charge in [-0.1, -0.05) is 0 Å². The molecular formula is C48H36Sn. The zero-order valence-electron chi connectivity index (χ0n) is 27.3. The summed E-state index contributed by atoms with van der Waals surface area (Å²) in [6.07, 6.45) is 0. The van der Waals surface area contributed by atoms with Gasteiger partial charge in [0.25, 0.3) is 0 Å². The SMILES string of the molecule is c1ccc(-c2cc[c]([Sn]([c]3ccc(-c4ccccc4)cc3)([c]3ccc(-c4ccccc4)cc3)[c]3ccc(-c4ccccc4)cc3)cc2)cc1. The first-order valence-electron chi connectivity index (χ1n) is 16.9. The molecule has 0 nitrogen and oxygen atoms in total. The summed E-state index contributed by atoms with van der Waals surface area (Å²) in [6, 6.07) is 80.7. The molecule has 232 valence electrons. The number of hydrogen-bond acceptors (Lipinski definition) is 0. The van der Waals surface area contributed by atoms with Crippen molar-refractivity contribution in [2.24, 2.45) is 0 Å². The Hall–Kier alpha value is -5.44. The summed E-state index contributed by atoms with van der Waals surface area (Å²) in [5.41, 5.74) is 9.90. The van der Waals surface area contributed by atoms with Crippen LogP contribution < -0.4 is 14.3 Å². The summed E-state index contributed by atoms with van der Waals surface area (Å²) < 4.78 is 5.73. The van der Waals surface area contributed by atoms with Crippen molar-refractivity contribution in [3.63, 3.8) is 0 Å². The maximum absolute atomic E-state index is 3.93. The van der Waals surface area contributed by atoms with Crippen LogP contribution in [0.1, 0.15) is 0 Å². The minimum absolute atomic E-state index is 1.24. The quantitative estimate of drug-likeness (QED) is 0.137. The Morgan fingerprint density at radius 3 is 0.510 bits per heavy atom. The molecule has 0 aromatic heterocycles. The first-order chi connectivity index (χ1) is 24.3. The Balaban J connectivity index is 1.35. The second-order valence-electron chi connectivity index (χ2n) is 12.5. The molecule has 1 heteroatoms. The molecule has 0 spiro atoms. The van der Waals surface area contributed by atoms with Gasteiger partial charge in [0.1, 0.15) is 0 Å². The van der Waals surface area contributed by atoms with E-state index >= 15 is 0 Å². The van der Waals surface area contributed by atoms with Crippen molar-refractivity contribution in [3.05, 3.63) is 218 Å². The summed E-state index contributed by atoms with van der Waals surface area (Å²) in [7, 11) is 0. The standard InChI is InChI=1S/4C12H9.Sn/c4*1-3-7-11(8-4-1)12-9-5-2-6-10-12;/h4*1,3-10H;. The first kappa shape index (κ1) is 30.9. The van der Waals surface area contributed by atoms with Gasteiger partial charge in [0.2, 0.25) is 0 Å². The van der Waals surface area contributed by atoms with Crippen molar-refractivity contribution in [1.29, 1.82) is 0 Å². The van der Waals surface area contributed by atoms with Gasteiger partial charge < -0.3 is 0 Å². The zero-order chi connectivity index (χ0) is 32.9. The molecule has 0 aliphatic heterocycles. The van der Waals surface area contributed by atoms with Crippen molar-refractivity contribution < 1.29 is 0 Å². The predicted molar refractivity (Wildman–Crippen MR) is 212 cm³/mol. The molecule has 0 aliphatic rings. The molecule has 0 amide bonds. The van der Waals surface area contributed by atoms with E-state index in [4.69, 9.17) is 0 Å². The third kappa shape index (κ3) is 6.17. The number of rotatable bonds is 8. The van der Waals surface area contributed by atoms with Gasteiger partial charge in [-0.25, -0.2) is 0 Å². The molecule has 0 N–H and O–H groups in total. The van der Waals surface area contributed by atoms with Crippen molar-refractivity contribution >= 4 is 32.7 Å². The molecule has 0 heterocycles. The van der Waals surface area contributed by atoms with Crippen LogP contribution in [0.15, 0.2) is 218 Å². The average molecular weight is 732 g/mol. The Bertz CT molecular complexity index is 1900. The summed E-state index contributed by atoms with van der Waals surface area (Å²) in [4.78, 5) is 0. The van der Waals surface area contributed by atoms with Crippen molar-refractivity contribution in [1.82, 2.24) is 0 Å². The van der Waals surface area contributed by atoms with Gasteiger partial charge in [0.15, 0.2) is 0 Å². The van der Waals surface area contributed by atoms with E-state index in [9.17, 15) is 0 Å². The fraction of sp³-hybridized carbons (Fsp3) is 0. The third-order valence-corrected chi connectivity index (χ3v) is 23.4. The Kier molecular flexibility index (Phi) is 8.79. The number of hydrogen-bond donors (Lipinski definition) is 0. The van der Waals surface area contributed by atoms with Crippen LogP contribution in [0.4, 0.5) is 0 Å². The summed E-state index contributed by atoms with van der Waals surface area (Å²) in [5.74, 6) is 0. The summed E-state index contributed by atoms with van der Waals surface area (Å²) in [5, 5.41) is 0. The average Bonchev–Trinajstić information content (AvgIpc) is 3.20. The normalized spacial score (nSPS) is 11.3. The van der Waals surface area contributed by atoms with E-state index in [1.54, 1.807) is 0 Å². The molecule has 0 radical (unpaired) electrons. The van der Waals surface area contributed by atoms with Crippen LogP contribution in [0, 0.1) is 0 Å². The van der Waals surface area contributed by atoms with Gasteiger partial charge in [0, 0.05) is 0 Å². The Morgan fingerprint density at radius 2 is 0.327 bits per heavy atom. The van der Waals surface area contributed by atoms with Gasteiger partial charge in [-0.2, -0.15) is 0 Å². The fourth-order valence-corrected chi connectivity index (χ4v) is 20.5. The molecule has 0 saturated heterocycles. The van der Waals surface area contributed by atoms with E-state index < -0.39 is 18.4 Å². The van der Waals surface area contributed by atoms with Crippen LogP contribution in [-0.2, 0) is 0 Å². The summed E-state index contributed by atoms with van der Waals surface area (Å²) >= 11 is -3.93. The minimum atomic E-state index is -3.93. The molecule has 0 unspecified atom stereocenters. The van der Waals surface area contributed by atoms with E-state index in [1.165, 1.54) is 58.8 Å². The molecule has 0 fully saturated rings. The third-order valence-electron chi connectivity index (χ3n) is 9.70. The molecule has 0 aliphatic carbocycles. The zero-order valence-corrected chi connectivity index (χ0v) is 30.1. The molecular weight excluding hydrogens is 695 g/mol. The fourth-order valence-electron chi connectivity index (χ4n) is 7.17. The van der Waals surface area contributed by atoms with Crippen LogP contribution in [0.3, 0.4) is 0 Å². The second kappa shape index (κ2) is 14.0. The van der Waals surface area contributed by atoms with Gasteiger partial charge in [-0.05, 0) is 0 Å². The summed E-state index contributed by atoms with van der Waals surface area (Å²) in [6.45, 7) is 0. The monoisotopic (exact) mass is 732 g/mol. The van der Waals surface area contributed by atoms with Crippen molar-refractivity contribution in [2.75, 3.05) is 0 Å². The van der Waals surface area contributed by atoms with Gasteiger partial charge >= 0.3 is 296 Å². The Labute approximate surface area is 293 Å². The van der Waals surface area contributed by atoms with Crippen LogP contribution in [0.2, 0.25) is 0 Å². The van der Waals surface area contributed by atoms with Crippen LogP contribution in [0.5, 0.6) is 0 Å². The maximum atomic E-state index is 2.42. The number of benzene rings is 8. The van der Waals surface area contributed by atoms with Crippen LogP contribution >= 0.6 is 0 Å². The molecule has 0 bridgehead atoms. The molecule has 0 atom stereocenters. The van der Waals surface area contributed by atoms with E-state index in [0.29, 0.717) is 0 Å². The second-order valence-corrected chi connectivity index (χ2v) is 23.4. The predicted octanol–water partition coefficient (Wildman–Crippen LogP) is 9.73. The van der Waals surface area contributed by atoms with Gasteiger partial charge in [0.05, 0.1) is 0 Å². The molecule has 0 saturated carbocycles. The van der Waals surface area contributed by atoms with Gasteiger partial charge in [-0.3, -0.25) is 0 Å². The topological polar surface area (TPSA) is 0 Å². The van der Waals surface area contributed by atoms with E-state index in [1.807, 2.05) is 0 Å². The van der Waals surface area contributed by atoms with E-state index in [0.717, 1.165) is 0 Å². The Morgan fingerprint density at radius 1 is 0.163 bits per heavy atom. The van der Waals surface area contributed by atoms with E-state index in [2.05, 4.69) is 218 Å². The van der Waals surface area contributed by atoms with Crippen molar-refractivity contribution in [3.8, 4) is 44.5 Å². The molecule has 8 aromatic carbocycles. The van der Waals surface area contributed by atoms with Crippen LogP contribution in [0.25, 0.3) is 44.5 Å².